The van der Waals surface area contributed by atoms with Crippen LogP contribution in [0.3, 0.4) is 0 Å². The van der Waals surface area contributed by atoms with Crippen LogP contribution in [0.4, 0.5) is 0 Å². The van der Waals surface area contributed by atoms with E-state index in [1.165, 1.54) is 92.4 Å². The zero-order valence-electron chi connectivity index (χ0n) is 27.3. The van der Waals surface area contributed by atoms with E-state index in [1.807, 2.05) is 0 Å². The number of nitrogens with zero attached hydrogens (tertiary/aromatic N) is 1. The molecule has 1 aromatic heterocycles. The summed E-state index contributed by atoms with van der Waals surface area (Å²) in [5.41, 5.74) is 8.70. The van der Waals surface area contributed by atoms with Crippen LogP contribution in [0.25, 0.3) is 82.1 Å². The van der Waals surface area contributed by atoms with Crippen LogP contribution in [0, 0.1) is 0 Å². The number of fused-ring (bicyclic) bond motifs is 6. The molecule has 2 radical (unpaired) electrons. The molecule has 0 bridgehead atoms. The molecule has 0 aliphatic carbocycles. The molecule has 0 spiro atoms. The van der Waals surface area contributed by atoms with Crippen LogP contribution in [0.2, 0.25) is 0 Å². The van der Waals surface area contributed by atoms with Crippen molar-refractivity contribution in [2.24, 2.45) is 0 Å². The molecule has 0 unspecified atom stereocenters. The minimum absolute atomic E-state index is 0.582. The van der Waals surface area contributed by atoms with Crippen LogP contribution in [0.15, 0.2) is 188 Å². The molecular weight excluding hydrogens is 619 g/mol. The van der Waals surface area contributed by atoms with Crippen LogP contribution >= 0.6 is 0 Å². The van der Waals surface area contributed by atoms with Crippen molar-refractivity contribution < 1.29 is 0 Å². The molecule has 1 nitrogen and oxygen atoms in total. The van der Waals surface area contributed by atoms with Gasteiger partial charge in [-0.25, -0.2) is 0 Å². The Labute approximate surface area is 293 Å². The number of benzene rings is 9. The van der Waals surface area contributed by atoms with Gasteiger partial charge in [-0.2, -0.15) is 0 Å². The fourth-order valence-corrected chi connectivity index (χ4v) is 9.04. The van der Waals surface area contributed by atoms with Gasteiger partial charge in [0.1, 0.15) is 9.52 Å². The number of hydrogen-bond acceptors (Lipinski definition) is 0. The maximum absolute atomic E-state index is 2.46. The van der Waals surface area contributed by atoms with Crippen molar-refractivity contribution in [2.45, 2.75) is 0 Å². The number of rotatable bonds is 5. The standard InChI is InChI=1S/C48H31NSi/c1-2-15-35(16-3-1)50-36-29-30-43-44(31-36)48(40-22-12-14-32-13-4-5-17-37(32)40)42-21-7-6-20-41(42)47(43)33-25-27-34(28-26-33)49-45-23-10-8-18-38(45)39-19-9-11-24-46(39)49/h1-31H. The predicted octanol–water partition coefficient (Wildman–Crippen LogP) is 11.2. The van der Waals surface area contributed by atoms with Crippen LogP contribution in [0.5, 0.6) is 0 Å². The summed E-state index contributed by atoms with van der Waals surface area (Å²) in [7, 11) is 0.582. The topological polar surface area (TPSA) is 4.93 Å². The second-order valence-corrected chi connectivity index (χ2v) is 14.4. The van der Waals surface area contributed by atoms with E-state index < -0.39 is 0 Å². The third kappa shape index (κ3) is 4.61. The molecule has 0 atom stereocenters. The second-order valence-electron chi connectivity index (χ2n) is 13.0. The van der Waals surface area contributed by atoms with Gasteiger partial charge in [-0.1, -0.05) is 174 Å². The molecule has 0 saturated carbocycles. The summed E-state index contributed by atoms with van der Waals surface area (Å²) in [4.78, 5) is 0. The first-order valence-electron chi connectivity index (χ1n) is 17.2. The zero-order valence-corrected chi connectivity index (χ0v) is 28.3. The molecular formula is C48H31NSi. The smallest absolute Gasteiger partial charge is 0.121 e. The number of aromatic nitrogens is 1. The third-order valence-electron chi connectivity index (χ3n) is 10.1. The highest BCUT2D eigenvalue weighted by atomic mass is 28.2. The zero-order chi connectivity index (χ0) is 33.0. The molecule has 0 aliphatic rings. The normalized spacial score (nSPS) is 11.7. The van der Waals surface area contributed by atoms with Gasteiger partial charge in [-0.05, 0) is 78.8 Å². The van der Waals surface area contributed by atoms with Gasteiger partial charge in [0.05, 0.1) is 11.0 Å². The lowest BCUT2D eigenvalue weighted by atomic mass is 9.84. The van der Waals surface area contributed by atoms with Gasteiger partial charge in [-0.3, -0.25) is 0 Å². The van der Waals surface area contributed by atoms with Crippen molar-refractivity contribution in [1.82, 2.24) is 4.57 Å². The van der Waals surface area contributed by atoms with Gasteiger partial charge in [-0.15, -0.1) is 0 Å². The Morgan fingerprint density at radius 1 is 0.340 bits per heavy atom. The first kappa shape index (κ1) is 28.8. The largest absolute Gasteiger partial charge is 0.309 e. The van der Waals surface area contributed by atoms with Crippen LogP contribution in [0.1, 0.15) is 0 Å². The molecule has 10 rings (SSSR count). The molecule has 10 aromatic rings. The Kier molecular flexibility index (Phi) is 6.75. The Bertz CT molecular complexity index is 2820. The summed E-state index contributed by atoms with van der Waals surface area (Å²) < 4.78 is 2.39. The predicted molar refractivity (Wildman–Crippen MR) is 216 cm³/mol. The van der Waals surface area contributed by atoms with Crippen molar-refractivity contribution in [3.05, 3.63) is 188 Å². The summed E-state index contributed by atoms with van der Waals surface area (Å²) in [6.45, 7) is 0. The Morgan fingerprint density at radius 3 is 1.62 bits per heavy atom. The molecule has 9 aromatic carbocycles. The Morgan fingerprint density at radius 2 is 0.900 bits per heavy atom. The lowest BCUT2D eigenvalue weighted by Crippen LogP contribution is -2.26. The third-order valence-corrected chi connectivity index (χ3v) is 11.4. The van der Waals surface area contributed by atoms with E-state index in [-0.39, 0.29) is 0 Å². The van der Waals surface area contributed by atoms with E-state index in [9.17, 15) is 0 Å². The van der Waals surface area contributed by atoms with Crippen molar-refractivity contribution in [1.29, 1.82) is 0 Å². The van der Waals surface area contributed by atoms with E-state index in [0.717, 1.165) is 0 Å². The Hall–Kier alpha value is -6.22. The minimum atomic E-state index is 0.582. The summed E-state index contributed by atoms with van der Waals surface area (Å²) in [5.74, 6) is 0. The molecule has 0 fully saturated rings. The quantitative estimate of drug-likeness (QED) is 0.129. The average molecular weight is 650 g/mol. The fraction of sp³-hybridized carbons (Fsp3) is 0. The van der Waals surface area contributed by atoms with Crippen molar-refractivity contribution in [2.75, 3.05) is 0 Å². The van der Waals surface area contributed by atoms with E-state index in [2.05, 4.69) is 193 Å². The SMILES string of the molecule is c1ccc([Si]c2ccc3c(-c4ccc(-n5c6ccccc6c6ccccc65)cc4)c4ccccc4c(-c4cccc5ccccc45)c3c2)cc1. The van der Waals surface area contributed by atoms with Crippen molar-refractivity contribution in [3.63, 3.8) is 0 Å². The maximum atomic E-state index is 2.46. The Balaban J connectivity index is 1.23. The molecule has 0 N–H and O–H groups in total. The summed E-state index contributed by atoms with van der Waals surface area (Å²) in [6.07, 6.45) is 0. The van der Waals surface area contributed by atoms with Crippen molar-refractivity contribution >= 4 is 74.0 Å². The van der Waals surface area contributed by atoms with E-state index in [0.29, 0.717) is 9.52 Å². The lowest BCUT2D eigenvalue weighted by molar-refractivity contribution is 1.18. The van der Waals surface area contributed by atoms with Crippen LogP contribution in [-0.4, -0.2) is 14.1 Å². The highest BCUT2D eigenvalue weighted by molar-refractivity contribution is 6.67. The maximum Gasteiger partial charge on any atom is 0.121 e. The average Bonchev–Trinajstić information content (AvgIpc) is 3.52. The first-order chi connectivity index (χ1) is 24.8. The molecule has 0 amide bonds. The molecule has 0 aliphatic heterocycles. The first-order valence-corrected chi connectivity index (χ1v) is 18.2. The molecule has 50 heavy (non-hydrogen) atoms. The van der Waals surface area contributed by atoms with Gasteiger partial charge in [0.2, 0.25) is 0 Å². The van der Waals surface area contributed by atoms with Gasteiger partial charge >= 0.3 is 0 Å². The lowest BCUT2D eigenvalue weighted by Gasteiger charge is -2.20. The van der Waals surface area contributed by atoms with Gasteiger partial charge in [0.25, 0.3) is 0 Å². The molecule has 0 saturated heterocycles. The van der Waals surface area contributed by atoms with Crippen LogP contribution in [-0.2, 0) is 0 Å². The number of hydrogen-bond donors (Lipinski definition) is 0. The molecule has 1 heterocycles. The van der Waals surface area contributed by atoms with Gasteiger partial charge in [0, 0.05) is 16.5 Å². The van der Waals surface area contributed by atoms with E-state index in [1.54, 1.807) is 0 Å². The van der Waals surface area contributed by atoms with E-state index >= 15 is 0 Å². The van der Waals surface area contributed by atoms with Crippen LogP contribution < -0.4 is 10.4 Å². The van der Waals surface area contributed by atoms with Gasteiger partial charge in [0.15, 0.2) is 0 Å². The molecule has 232 valence electrons. The highest BCUT2D eigenvalue weighted by Gasteiger charge is 2.19. The minimum Gasteiger partial charge on any atom is -0.309 e. The number of para-hydroxylation sites is 2. The fourth-order valence-electron chi connectivity index (χ4n) is 7.97. The molecule has 2 heteroatoms. The monoisotopic (exact) mass is 649 g/mol. The summed E-state index contributed by atoms with van der Waals surface area (Å²) in [6, 6.07) is 69.2. The summed E-state index contributed by atoms with van der Waals surface area (Å²) >= 11 is 0. The second kappa shape index (κ2) is 11.7. The highest BCUT2D eigenvalue weighted by Crippen LogP contribution is 2.45. The van der Waals surface area contributed by atoms with Gasteiger partial charge < -0.3 is 4.57 Å². The van der Waals surface area contributed by atoms with Crippen molar-refractivity contribution in [3.8, 4) is 27.9 Å². The van der Waals surface area contributed by atoms with E-state index in [4.69, 9.17) is 0 Å². The summed E-state index contributed by atoms with van der Waals surface area (Å²) in [5, 5.41) is 12.9.